The van der Waals surface area contributed by atoms with Gasteiger partial charge in [-0.05, 0) is 50.4 Å². The number of amides is 1. The summed E-state index contributed by atoms with van der Waals surface area (Å²) in [5, 5.41) is 12.4. The number of ketones is 1. The molecule has 0 bridgehead atoms. The van der Waals surface area contributed by atoms with Crippen LogP contribution < -0.4 is 5.32 Å². The number of nitrogens with zero attached hydrogens (tertiary/aromatic N) is 4. The second kappa shape index (κ2) is 10.7. The van der Waals surface area contributed by atoms with Crippen molar-refractivity contribution >= 4 is 29.0 Å². The highest BCUT2D eigenvalue weighted by atomic mass is 35.5. The third-order valence-electron chi connectivity index (χ3n) is 6.91. The Bertz CT molecular complexity index is 1210. The molecule has 182 valence electrons. The van der Waals surface area contributed by atoms with Crippen LogP contribution >= 0.6 is 11.6 Å². The molecule has 3 aromatic rings. The molecular formula is C27H30ClN5O2. The van der Waals surface area contributed by atoms with Crippen LogP contribution in [0.3, 0.4) is 0 Å². The molecule has 0 spiro atoms. The van der Waals surface area contributed by atoms with Crippen LogP contribution in [-0.2, 0) is 17.8 Å². The number of fused-ring (bicyclic) bond motifs is 1. The number of nitrogens with one attached hydrogen (secondary N) is 1. The minimum atomic E-state index is -0.172. The summed E-state index contributed by atoms with van der Waals surface area (Å²) in [6, 6.07) is 14.0. The maximum Gasteiger partial charge on any atom is 0.238 e. The Balaban J connectivity index is 1.26. The first-order valence-electron chi connectivity index (χ1n) is 12.4. The number of carbonyl (C=O) groups is 2. The molecule has 1 atom stereocenters. The average molecular weight is 492 g/mol. The van der Waals surface area contributed by atoms with Crippen LogP contribution in [0.25, 0.3) is 0 Å². The van der Waals surface area contributed by atoms with Crippen LogP contribution in [0.5, 0.6) is 0 Å². The van der Waals surface area contributed by atoms with Gasteiger partial charge in [-0.25, -0.2) is 0 Å². The molecule has 2 aliphatic heterocycles. The van der Waals surface area contributed by atoms with Gasteiger partial charge in [-0.1, -0.05) is 48.4 Å². The standard InChI is InChI=1S/C27H30ClN5O2/c28-21-12-13-23(22(16-21)26(35)19-8-3-1-4-9-19)29-25(34)18-32-14-7-10-20(17-32)27-31-30-24-11-5-2-6-15-33(24)27/h1,3-4,8-9,12-13,16,20H,2,5-7,10-11,14-15,17-18H2,(H,29,34). The van der Waals surface area contributed by atoms with E-state index in [2.05, 4.69) is 25.0 Å². The summed E-state index contributed by atoms with van der Waals surface area (Å²) in [7, 11) is 0. The van der Waals surface area contributed by atoms with Crippen LogP contribution in [0, 0.1) is 0 Å². The third kappa shape index (κ3) is 5.46. The van der Waals surface area contributed by atoms with Crippen molar-refractivity contribution in [3.05, 3.63) is 76.3 Å². The number of hydrogen-bond donors (Lipinski definition) is 1. The molecule has 0 saturated carbocycles. The summed E-state index contributed by atoms with van der Waals surface area (Å²) in [6.07, 6.45) is 6.65. The Labute approximate surface area is 210 Å². The van der Waals surface area contributed by atoms with Gasteiger partial charge in [0.05, 0.1) is 12.2 Å². The molecule has 2 aliphatic rings. The van der Waals surface area contributed by atoms with Gasteiger partial charge in [0.1, 0.15) is 11.6 Å². The number of aryl methyl sites for hydroxylation is 1. The van der Waals surface area contributed by atoms with Crippen molar-refractivity contribution < 1.29 is 9.59 Å². The molecule has 1 unspecified atom stereocenters. The number of anilines is 1. The average Bonchev–Trinajstić information content (AvgIpc) is 3.13. The normalized spacial score (nSPS) is 18.5. The SMILES string of the molecule is O=C(CN1CCCC(c2nnc3n2CCCCC3)C1)Nc1ccc(Cl)cc1C(=O)c1ccccc1. The monoisotopic (exact) mass is 491 g/mol. The van der Waals surface area contributed by atoms with Crippen LogP contribution in [0.2, 0.25) is 5.02 Å². The quantitative estimate of drug-likeness (QED) is 0.505. The van der Waals surface area contributed by atoms with E-state index >= 15 is 0 Å². The minimum Gasteiger partial charge on any atom is -0.324 e. The molecule has 1 amide bonds. The fraction of sp³-hybridized carbons (Fsp3) is 0.407. The fourth-order valence-electron chi connectivity index (χ4n) is 5.17. The lowest BCUT2D eigenvalue weighted by atomic mass is 9.97. The Morgan fingerprint density at radius 3 is 2.71 bits per heavy atom. The third-order valence-corrected chi connectivity index (χ3v) is 7.15. The summed E-state index contributed by atoms with van der Waals surface area (Å²) >= 11 is 6.18. The Morgan fingerprint density at radius 1 is 1.00 bits per heavy atom. The van der Waals surface area contributed by atoms with Gasteiger partial charge in [-0.2, -0.15) is 0 Å². The highest BCUT2D eigenvalue weighted by molar-refractivity contribution is 6.31. The van der Waals surface area contributed by atoms with Gasteiger partial charge in [0, 0.05) is 41.6 Å². The Morgan fingerprint density at radius 2 is 1.86 bits per heavy atom. The molecular weight excluding hydrogens is 462 g/mol. The lowest BCUT2D eigenvalue weighted by Crippen LogP contribution is -2.40. The smallest absolute Gasteiger partial charge is 0.238 e. The van der Waals surface area contributed by atoms with E-state index in [4.69, 9.17) is 11.6 Å². The Kier molecular flexibility index (Phi) is 7.25. The first-order chi connectivity index (χ1) is 17.1. The minimum absolute atomic E-state index is 0.143. The van der Waals surface area contributed by atoms with E-state index in [1.807, 2.05) is 18.2 Å². The summed E-state index contributed by atoms with van der Waals surface area (Å²) in [6.45, 7) is 2.89. The molecule has 0 aliphatic carbocycles. The van der Waals surface area contributed by atoms with Gasteiger partial charge in [0.2, 0.25) is 5.91 Å². The van der Waals surface area contributed by atoms with E-state index in [0.29, 0.717) is 21.8 Å². The first-order valence-corrected chi connectivity index (χ1v) is 12.8. The maximum absolute atomic E-state index is 13.1. The van der Waals surface area contributed by atoms with Crippen LogP contribution in [0.4, 0.5) is 5.69 Å². The number of carbonyl (C=O) groups excluding carboxylic acids is 2. The van der Waals surface area contributed by atoms with Crippen molar-refractivity contribution in [2.75, 3.05) is 25.0 Å². The van der Waals surface area contributed by atoms with Gasteiger partial charge < -0.3 is 9.88 Å². The van der Waals surface area contributed by atoms with E-state index < -0.39 is 0 Å². The van der Waals surface area contributed by atoms with Gasteiger partial charge >= 0.3 is 0 Å². The molecule has 8 heteroatoms. The van der Waals surface area contributed by atoms with Crippen LogP contribution in [0.15, 0.2) is 48.5 Å². The number of rotatable bonds is 6. The van der Waals surface area contributed by atoms with E-state index in [1.54, 1.807) is 30.3 Å². The number of hydrogen-bond acceptors (Lipinski definition) is 5. The molecule has 1 N–H and O–H groups in total. The van der Waals surface area contributed by atoms with Crippen LogP contribution in [0.1, 0.15) is 65.6 Å². The van der Waals surface area contributed by atoms with Crippen molar-refractivity contribution in [1.82, 2.24) is 19.7 Å². The van der Waals surface area contributed by atoms with Gasteiger partial charge in [-0.15, -0.1) is 10.2 Å². The second-order valence-corrected chi connectivity index (χ2v) is 9.88. The topological polar surface area (TPSA) is 80.1 Å². The lowest BCUT2D eigenvalue weighted by Gasteiger charge is -2.32. The Hall–Kier alpha value is -3.03. The number of benzene rings is 2. The predicted octanol–water partition coefficient (Wildman–Crippen LogP) is 4.71. The fourth-order valence-corrected chi connectivity index (χ4v) is 5.34. The van der Waals surface area contributed by atoms with E-state index in [9.17, 15) is 9.59 Å². The number of halogens is 1. The molecule has 0 radical (unpaired) electrons. The molecule has 1 aromatic heterocycles. The number of aromatic nitrogens is 3. The van der Waals surface area contributed by atoms with E-state index in [0.717, 1.165) is 50.5 Å². The van der Waals surface area contributed by atoms with Crippen molar-refractivity contribution in [3.63, 3.8) is 0 Å². The molecule has 7 nitrogen and oxygen atoms in total. The maximum atomic E-state index is 13.1. The summed E-state index contributed by atoms with van der Waals surface area (Å²) in [5.74, 6) is 2.14. The van der Waals surface area contributed by atoms with Crippen molar-refractivity contribution in [2.24, 2.45) is 0 Å². The zero-order chi connectivity index (χ0) is 24.2. The van der Waals surface area contributed by atoms with E-state index in [-0.39, 0.29) is 24.2 Å². The molecule has 2 aromatic carbocycles. The molecule has 35 heavy (non-hydrogen) atoms. The number of likely N-dealkylation sites (tertiary alicyclic amines) is 1. The zero-order valence-corrected chi connectivity index (χ0v) is 20.5. The highest BCUT2D eigenvalue weighted by Gasteiger charge is 2.28. The molecule has 1 saturated heterocycles. The van der Waals surface area contributed by atoms with E-state index in [1.165, 1.54) is 19.3 Å². The van der Waals surface area contributed by atoms with Crippen molar-refractivity contribution in [1.29, 1.82) is 0 Å². The van der Waals surface area contributed by atoms with Crippen LogP contribution in [-0.4, -0.2) is 51.0 Å². The molecule has 1 fully saturated rings. The van der Waals surface area contributed by atoms with Gasteiger partial charge in [0.25, 0.3) is 0 Å². The lowest BCUT2D eigenvalue weighted by molar-refractivity contribution is -0.117. The van der Waals surface area contributed by atoms with Crippen molar-refractivity contribution in [3.8, 4) is 0 Å². The van der Waals surface area contributed by atoms with Crippen molar-refractivity contribution in [2.45, 2.75) is 51.0 Å². The summed E-state index contributed by atoms with van der Waals surface area (Å²) < 4.78 is 2.32. The second-order valence-electron chi connectivity index (χ2n) is 9.44. The van der Waals surface area contributed by atoms with Gasteiger partial charge in [-0.3, -0.25) is 14.5 Å². The largest absolute Gasteiger partial charge is 0.324 e. The number of piperidine rings is 1. The predicted molar refractivity (Wildman–Crippen MR) is 136 cm³/mol. The molecule has 3 heterocycles. The first kappa shape index (κ1) is 23.7. The summed E-state index contributed by atoms with van der Waals surface area (Å²) in [4.78, 5) is 28.3. The summed E-state index contributed by atoms with van der Waals surface area (Å²) in [5.41, 5.74) is 1.42. The zero-order valence-electron chi connectivity index (χ0n) is 19.8. The molecule has 5 rings (SSSR count). The highest BCUT2D eigenvalue weighted by Crippen LogP contribution is 2.28. The van der Waals surface area contributed by atoms with Gasteiger partial charge in [0.15, 0.2) is 5.78 Å².